The van der Waals surface area contributed by atoms with Crippen LogP contribution in [0.15, 0.2) is 30.3 Å². The Morgan fingerprint density at radius 1 is 1.22 bits per heavy atom. The smallest absolute Gasteiger partial charge is 0.0917 e. The SMILES string of the molecule is C[B]Cc1ccccc1. The van der Waals surface area contributed by atoms with Crippen molar-refractivity contribution in [2.75, 3.05) is 0 Å². The summed E-state index contributed by atoms with van der Waals surface area (Å²) in [6.07, 6.45) is 1.08. The highest BCUT2D eigenvalue weighted by atomic mass is 13.8. The highest BCUT2D eigenvalue weighted by Crippen LogP contribution is 1.97. The zero-order chi connectivity index (χ0) is 6.53. The second-order valence-electron chi connectivity index (χ2n) is 2.10. The Hall–Kier alpha value is -0.715. The molecule has 45 valence electrons. The molecule has 1 aromatic carbocycles. The molecule has 0 fully saturated rings. The van der Waals surface area contributed by atoms with Crippen molar-refractivity contribution in [3.63, 3.8) is 0 Å². The molecule has 0 heterocycles. The van der Waals surface area contributed by atoms with Crippen molar-refractivity contribution in [3.05, 3.63) is 35.9 Å². The minimum absolute atomic E-state index is 1.08. The van der Waals surface area contributed by atoms with Crippen LogP contribution in [0.4, 0.5) is 0 Å². The van der Waals surface area contributed by atoms with Crippen LogP contribution in [0.3, 0.4) is 0 Å². The Labute approximate surface area is 57.1 Å². The van der Waals surface area contributed by atoms with Crippen LogP contribution in [0.2, 0.25) is 6.82 Å². The van der Waals surface area contributed by atoms with Crippen LogP contribution >= 0.6 is 0 Å². The molecule has 0 bridgehead atoms. The maximum Gasteiger partial charge on any atom is 0.111 e. The molecule has 1 radical (unpaired) electrons. The fraction of sp³-hybridized carbons (Fsp3) is 0.250. The van der Waals surface area contributed by atoms with Gasteiger partial charge >= 0.3 is 0 Å². The first-order chi connectivity index (χ1) is 4.43. The van der Waals surface area contributed by atoms with Crippen LogP contribution < -0.4 is 0 Å². The normalized spacial score (nSPS) is 9.00. The van der Waals surface area contributed by atoms with Crippen molar-refractivity contribution in [3.8, 4) is 0 Å². The molecule has 0 aliphatic heterocycles. The Balaban J connectivity index is 2.61. The molecule has 0 N–H and O–H groups in total. The van der Waals surface area contributed by atoms with Gasteiger partial charge in [0.05, 0.1) is 0 Å². The highest BCUT2D eigenvalue weighted by molar-refractivity contribution is 6.32. The second kappa shape index (κ2) is 3.34. The number of rotatable bonds is 2. The van der Waals surface area contributed by atoms with Gasteiger partial charge in [-0.2, -0.15) is 0 Å². The van der Waals surface area contributed by atoms with Crippen LogP contribution in [-0.4, -0.2) is 7.28 Å². The van der Waals surface area contributed by atoms with Crippen LogP contribution in [0, 0.1) is 0 Å². The lowest BCUT2D eigenvalue weighted by Crippen LogP contribution is -1.88. The van der Waals surface area contributed by atoms with E-state index in [1.165, 1.54) is 5.56 Å². The monoisotopic (exact) mass is 117 g/mol. The van der Waals surface area contributed by atoms with Crippen molar-refractivity contribution in [1.82, 2.24) is 0 Å². The molecule has 0 spiro atoms. The van der Waals surface area contributed by atoms with E-state index in [1.807, 2.05) is 6.07 Å². The van der Waals surface area contributed by atoms with Crippen LogP contribution in [-0.2, 0) is 6.32 Å². The fourth-order valence-corrected chi connectivity index (χ4v) is 0.850. The number of benzene rings is 1. The van der Waals surface area contributed by atoms with Crippen LogP contribution in [0.5, 0.6) is 0 Å². The fourth-order valence-electron chi connectivity index (χ4n) is 0.850. The molecule has 1 rings (SSSR count). The van der Waals surface area contributed by atoms with E-state index in [-0.39, 0.29) is 0 Å². The summed E-state index contributed by atoms with van der Waals surface area (Å²) >= 11 is 0. The topological polar surface area (TPSA) is 0 Å². The predicted molar refractivity (Wildman–Crippen MR) is 41.8 cm³/mol. The first kappa shape index (κ1) is 6.41. The minimum Gasteiger partial charge on any atom is -0.0917 e. The van der Waals surface area contributed by atoms with Gasteiger partial charge in [0.1, 0.15) is 7.28 Å². The van der Waals surface area contributed by atoms with Crippen molar-refractivity contribution >= 4 is 7.28 Å². The Morgan fingerprint density at radius 2 is 1.89 bits per heavy atom. The molecule has 0 atom stereocenters. The summed E-state index contributed by atoms with van der Waals surface area (Å²) in [6.45, 7) is 2.08. The Kier molecular flexibility index (Phi) is 2.38. The van der Waals surface area contributed by atoms with E-state index in [0.29, 0.717) is 0 Å². The summed E-state index contributed by atoms with van der Waals surface area (Å²) in [5.41, 5.74) is 1.39. The third kappa shape index (κ3) is 1.92. The van der Waals surface area contributed by atoms with E-state index in [2.05, 4.69) is 38.4 Å². The van der Waals surface area contributed by atoms with Crippen molar-refractivity contribution in [2.45, 2.75) is 13.1 Å². The summed E-state index contributed by atoms with van der Waals surface area (Å²) in [4.78, 5) is 0. The first-order valence-electron chi connectivity index (χ1n) is 3.25. The number of hydrogen-bond acceptors (Lipinski definition) is 0. The average molecular weight is 117 g/mol. The summed E-state index contributed by atoms with van der Waals surface area (Å²) in [6, 6.07) is 10.5. The molecular formula is C8H10B. The van der Waals surface area contributed by atoms with Gasteiger partial charge in [0.25, 0.3) is 0 Å². The lowest BCUT2D eigenvalue weighted by Gasteiger charge is -1.92. The molecule has 9 heavy (non-hydrogen) atoms. The summed E-state index contributed by atoms with van der Waals surface area (Å²) in [7, 11) is 2.16. The zero-order valence-corrected chi connectivity index (χ0v) is 5.67. The Morgan fingerprint density at radius 3 is 2.44 bits per heavy atom. The lowest BCUT2D eigenvalue weighted by molar-refractivity contribution is 1.38. The molecule has 0 aliphatic rings. The van der Waals surface area contributed by atoms with E-state index in [0.717, 1.165) is 6.32 Å². The van der Waals surface area contributed by atoms with E-state index in [1.54, 1.807) is 0 Å². The summed E-state index contributed by atoms with van der Waals surface area (Å²) in [5, 5.41) is 0. The van der Waals surface area contributed by atoms with Crippen molar-refractivity contribution in [1.29, 1.82) is 0 Å². The zero-order valence-electron chi connectivity index (χ0n) is 5.67. The largest absolute Gasteiger partial charge is 0.111 e. The van der Waals surface area contributed by atoms with Crippen LogP contribution in [0.1, 0.15) is 5.56 Å². The van der Waals surface area contributed by atoms with Gasteiger partial charge in [0.2, 0.25) is 0 Å². The third-order valence-electron chi connectivity index (χ3n) is 1.28. The average Bonchev–Trinajstić information content (AvgIpc) is 1.91. The number of hydrogen-bond donors (Lipinski definition) is 0. The molecule has 0 saturated heterocycles. The van der Waals surface area contributed by atoms with E-state index < -0.39 is 0 Å². The first-order valence-corrected chi connectivity index (χ1v) is 3.25. The van der Waals surface area contributed by atoms with Gasteiger partial charge in [-0.1, -0.05) is 49.0 Å². The standard InChI is InChI=1S/C8H10B/c1-9-7-8-5-3-2-4-6-8/h2-6H,7H2,1H3. The molecule has 0 aliphatic carbocycles. The molecule has 1 heteroatoms. The third-order valence-corrected chi connectivity index (χ3v) is 1.28. The van der Waals surface area contributed by atoms with Gasteiger partial charge in [-0.15, -0.1) is 0 Å². The lowest BCUT2D eigenvalue weighted by atomic mass is 9.75. The maximum atomic E-state index is 2.16. The molecule has 1 aromatic rings. The highest BCUT2D eigenvalue weighted by Gasteiger charge is 1.85. The van der Waals surface area contributed by atoms with E-state index >= 15 is 0 Å². The Bertz CT molecular complexity index is 157. The predicted octanol–water partition coefficient (Wildman–Crippen LogP) is 1.94. The summed E-state index contributed by atoms with van der Waals surface area (Å²) in [5.74, 6) is 0. The van der Waals surface area contributed by atoms with Gasteiger partial charge in [0, 0.05) is 0 Å². The second-order valence-corrected chi connectivity index (χ2v) is 2.10. The maximum absolute atomic E-state index is 2.16. The molecule has 0 nitrogen and oxygen atoms in total. The molecule has 0 aromatic heterocycles. The molecule has 0 unspecified atom stereocenters. The van der Waals surface area contributed by atoms with Gasteiger partial charge < -0.3 is 0 Å². The summed E-state index contributed by atoms with van der Waals surface area (Å²) < 4.78 is 0. The quantitative estimate of drug-likeness (QED) is 0.519. The van der Waals surface area contributed by atoms with E-state index in [4.69, 9.17) is 0 Å². The molecule has 0 saturated carbocycles. The van der Waals surface area contributed by atoms with Gasteiger partial charge in [-0.25, -0.2) is 0 Å². The minimum atomic E-state index is 1.08. The molecular weight excluding hydrogens is 107 g/mol. The van der Waals surface area contributed by atoms with Gasteiger partial charge in [-0.05, 0) is 0 Å². The van der Waals surface area contributed by atoms with Crippen molar-refractivity contribution < 1.29 is 0 Å². The van der Waals surface area contributed by atoms with Gasteiger partial charge in [0.15, 0.2) is 0 Å². The van der Waals surface area contributed by atoms with Gasteiger partial charge in [-0.3, -0.25) is 0 Å². The van der Waals surface area contributed by atoms with E-state index in [9.17, 15) is 0 Å². The van der Waals surface area contributed by atoms with Crippen molar-refractivity contribution in [2.24, 2.45) is 0 Å². The molecule has 0 amide bonds. The van der Waals surface area contributed by atoms with Crippen LogP contribution in [0.25, 0.3) is 0 Å².